The van der Waals surface area contributed by atoms with Crippen molar-refractivity contribution in [3.05, 3.63) is 0 Å². The Bertz CT molecular complexity index is 140. The Morgan fingerprint density at radius 3 is 2.73 bits per heavy atom. The summed E-state index contributed by atoms with van der Waals surface area (Å²) in [6.45, 7) is 2.19. The molecule has 1 aliphatic rings. The van der Waals surface area contributed by atoms with Crippen LogP contribution in [0.3, 0.4) is 0 Å². The smallest absolute Gasteiger partial charge is 0.332 e. The number of carboxylic acids is 1. The number of carbonyl (C=O) groups is 1. The Morgan fingerprint density at radius 1 is 1.73 bits per heavy atom. The highest BCUT2D eigenvalue weighted by molar-refractivity contribution is 5.71. The van der Waals surface area contributed by atoms with Gasteiger partial charge in [-0.05, 0) is 25.7 Å². The third kappa shape index (κ3) is 2.50. The lowest BCUT2D eigenvalue weighted by Crippen LogP contribution is -2.25. The summed E-state index contributed by atoms with van der Waals surface area (Å²) >= 11 is 0. The number of ether oxygens (including phenoxy) is 1. The summed E-state index contributed by atoms with van der Waals surface area (Å²) in [4.78, 5) is 10.3. The zero-order valence-corrected chi connectivity index (χ0v) is 6.75. The molecule has 0 heterocycles. The second-order valence-corrected chi connectivity index (χ2v) is 3.11. The third-order valence-corrected chi connectivity index (χ3v) is 2.15. The standard InChI is InChI=1S/C8H14O3/c1-6(8(9)10)11-5-7-3-2-4-7/h6-7H,2-5H2,1H3,(H,9,10)/t6-/m0/s1. The molecular weight excluding hydrogens is 144 g/mol. The first-order chi connectivity index (χ1) is 5.20. The molecule has 0 radical (unpaired) electrons. The molecule has 0 aromatic carbocycles. The molecular formula is C8H14O3. The van der Waals surface area contributed by atoms with Gasteiger partial charge >= 0.3 is 5.97 Å². The van der Waals surface area contributed by atoms with Gasteiger partial charge in [0.15, 0.2) is 6.10 Å². The van der Waals surface area contributed by atoms with Crippen LogP contribution in [-0.2, 0) is 9.53 Å². The minimum Gasteiger partial charge on any atom is -0.479 e. The molecule has 1 saturated carbocycles. The molecule has 0 amide bonds. The Hall–Kier alpha value is -0.570. The lowest BCUT2D eigenvalue weighted by Gasteiger charge is -2.25. The maximum Gasteiger partial charge on any atom is 0.332 e. The van der Waals surface area contributed by atoms with E-state index in [0.29, 0.717) is 12.5 Å². The monoisotopic (exact) mass is 158 g/mol. The molecule has 1 fully saturated rings. The maximum absolute atomic E-state index is 10.3. The van der Waals surface area contributed by atoms with Crippen molar-refractivity contribution in [1.82, 2.24) is 0 Å². The van der Waals surface area contributed by atoms with E-state index in [1.807, 2.05) is 0 Å². The predicted octanol–water partition coefficient (Wildman–Crippen LogP) is 1.28. The van der Waals surface area contributed by atoms with E-state index in [2.05, 4.69) is 0 Å². The highest BCUT2D eigenvalue weighted by Gasteiger charge is 2.20. The minimum atomic E-state index is -0.871. The summed E-state index contributed by atoms with van der Waals surface area (Å²) in [5.41, 5.74) is 0. The number of hydrogen-bond donors (Lipinski definition) is 1. The molecule has 3 heteroatoms. The Labute approximate surface area is 66.4 Å². The molecule has 1 atom stereocenters. The zero-order chi connectivity index (χ0) is 8.27. The molecule has 1 aliphatic carbocycles. The van der Waals surface area contributed by atoms with Gasteiger partial charge in [-0.3, -0.25) is 0 Å². The van der Waals surface area contributed by atoms with Gasteiger partial charge in [0.1, 0.15) is 0 Å². The summed E-state index contributed by atoms with van der Waals surface area (Å²) in [5.74, 6) is -0.249. The van der Waals surface area contributed by atoms with Gasteiger partial charge in [0, 0.05) is 0 Å². The van der Waals surface area contributed by atoms with Crippen LogP contribution in [0.1, 0.15) is 26.2 Å². The van der Waals surface area contributed by atoms with Gasteiger partial charge in [-0.1, -0.05) is 6.42 Å². The van der Waals surface area contributed by atoms with Crippen LogP contribution < -0.4 is 0 Å². The van der Waals surface area contributed by atoms with Crippen LogP contribution in [0, 0.1) is 5.92 Å². The van der Waals surface area contributed by atoms with Crippen LogP contribution in [0.15, 0.2) is 0 Å². The van der Waals surface area contributed by atoms with Crippen molar-refractivity contribution >= 4 is 5.97 Å². The number of rotatable bonds is 4. The maximum atomic E-state index is 10.3. The van der Waals surface area contributed by atoms with E-state index in [-0.39, 0.29) is 0 Å². The molecule has 0 aliphatic heterocycles. The first-order valence-corrected chi connectivity index (χ1v) is 4.04. The Morgan fingerprint density at radius 2 is 2.36 bits per heavy atom. The van der Waals surface area contributed by atoms with Crippen molar-refractivity contribution in [2.45, 2.75) is 32.3 Å². The van der Waals surface area contributed by atoms with Crippen molar-refractivity contribution in [1.29, 1.82) is 0 Å². The van der Waals surface area contributed by atoms with Crippen molar-refractivity contribution in [2.75, 3.05) is 6.61 Å². The molecule has 0 aromatic heterocycles. The Balaban J connectivity index is 2.05. The average molecular weight is 158 g/mol. The molecule has 11 heavy (non-hydrogen) atoms. The third-order valence-electron chi connectivity index (χ3n) is 2.15. The summed E-state index contributed by atoms with van der Waals surface area (Å²) < 4.78 is 5.11. The van der Waals surface area contributed by atoms with Crippen LogP contribution in [0.5, 0.6) is 0 Å². The van der Waals surface area contributed by atoms with Gasteiger partial charge in [0.2, 0.25) is 0 Å². The lowest BCUT2D eigenvalue weighted by molar-refractivity contribution is -0.150. The van der Waals surface area contributed by atoms with Crippen LogP contribution in [-0.4, -0.2) is 23.8 Å². The summed E-state index contributed by atoms with van der Waals surface area (Å²) in [5, 5.41) is 8.46. The van der Waals surface area contributed by atoms with Gasteiger partial charge in [-0.25, -0.2) is 4.79 Å². The van der Waals surface area contributed by atoms with E-state index in [0.717, 1.165) is 0 Å². The molecule has 0 saturated heterocycles. The van der Waals surface area contributed by atoms with E-state index in [1.165, 1.54) is 19.3 Å². The zero-order valence-electron chi connectivity index (χ0n) is 6.75. The van der Waals surface area contributed by atoms with Crippen molar-refractivity contribution < 1.29 is 14.6 Å². The SMILES string of the molecule is C[C@H](OCC1CCC1)C(=O)O. The second kappa shape index (κ2) is 3.72. The molecule has 64 valence electrons. The van der Waals surface area contributed by atoms with Gasteiger partial charge in [0.25, 0.3) is 0 Å². The molecule has 3 nitrogen and oxygen atoms in total. The fourth-order valence-electron chi connectivity index (χ4n) is 1.01. The van der Waals surface area contributed by atoms with Gasteiger partial charge in [-0.15, -0.1) is 0 Å². The van der Waals surface area contributed by atoms with Gasteiger partial charge < -0.3 is 9.84 Å². The van der Waals surface area contributed by atoms with E-state index in [1.54, 1.807) is 6.92 Å². The van der Waals surface area contributed by atoms with Crippen molar-refractivity contribution in [2.24, 2.45) is 5.92 Å². The van der Waals surface area contributed by atoms with Crippen LogP contribution in [0.4, 0.5) is 0 Å². The quantitative estimate of drug-likeness (QED) is 0.670. The van der Waals surface area contributed by atoms with Crippen LogP contribution >= 0.6 is 0 Å². The average Bonchev–Trinajstić information content (AvgIpc) is 1.83. The molecule has 1 rings (SSSR count). The summed E-state index contributed by atoms with van der Waals surface area (Å²) in [6.07, 6.45) is 3.03. The highest BCUT2D eigenvalue weighted by Crippen LogP contribution is 2.26. The first-order valence-electron chi connectivity index (χ1n) is 4.04. The van der Waals surface area contributed by atoms with Crippen LogP contribution in [0.25, 0.3) is 0 Å². The van der Waals surface area contributed by atoms with Gasteiger partial charge in [-0.2, -0.15) is 0 Å². The topological polar surface area (TPSA) is 46.5 Å². The molecule has 0 bridgehead atoms. The van der Waals surface area contributed by atoms with Crippen molar-refractivity contribution in [3.63, 3.8) is 0 Å². The molecule has 0 spiro atoms. The summed E-state index contributed by atoms with van der Waals surface area (Å²) in [6, 6.07) is 0. The molecule has 0 unspecified atom stereocenters. The van der Waals surface area contributed by atoms with Crippen molar-refractivity contribution in [3.8, 4) is 0 Å². The van der Waals surface area contributed by atoms with E-state index >= 15 is 0 Å². The number of aliphatic carboxylic acids is 1. The largest absolute Gasteiger partial charge is 0.479 e. The number of carboxylic acid groups (broad SMARTS) is 1. The lowest BCUT2D eigenvalue weighted by atomic mass is 9.86. The van der Waals surface area contributed by atoms with E-state index in [9.17, 15) is 4.79 Å². The Kier molecular flexibility index (Phi) is 2.88. The fraction of sp³-hybridized carbons (Fsp3) is 0.875. The summed E-state index contributed by atoms with van der Waals surface area (Å²) in [7, 11) is 0. The minimum absolute atomic E-state index is 0.619. The number of hydrogen-bond acceptors (Lipinski definition) is 2. The highest BCUT2D eigenvalue weighted by atomic mass is 16.5. The fourth-order valence-corrected chi connectivity index (χ4v) is 1.01. The molecule has 1 N–H and O–H groups in total. The van der Waals surface area contributed by atoms with Crippen LogP contribution in [0.2, 0.25) is 0 Å². The molecule has 0 aromatic rings. The van der Waals surface area contributed by atoms with Gasteiger partial charge in [0.05, 0.1) is 6.61 Å². The van der Waals surface area contributed by atoms with E-state index in [4.69, 9.17) is 9.84 Å². The second-order valence-electron chi connectivity index (χ2n) is 3.11. The predicted molar refractivity (Wildman–Crippen MR) is 40.4 cm³/mol. The van der Waals surface area contributed by atoms with E-state index < -0.39 is 12.1 Å². The normalized spacial score (nSPS) is 20.8. The first kappa shape index (κ1) is 8.53.